The highest BCUT2D eigenvalue weighted by Gasteiger charge is 2.47. The van der Waals surface area contributed by atoms with Crippen LogP contribution < -0.4 is 0 Å². The van der Waals surface area contributed by atoms with E-state index in [4.69, 9.17) is 0 Å². The van der Waals surface area contributed by atoms with Crippen LogP contribution in [0.3, 0.4) is 0 Å². The maximum absolute atomic E-state index is 11.8. The Hall–Kier alpha value is -1.06. The number of carbonyl (C=O) groups excluding carboxylic acids is 1. The predicted molar refractivity (Wildman–Crippen MR) is 74.8 cm³/mol. The van der Waals surface area contributed by atoms with Gasteiger partial charge in [-0.3, -0.25) is 4.79 Å². The van der Waals surface area contributed by atoms with Crippen molar-refractivity contribution in [2.45, 2.75) is 64.8 Å². The monoisotopic (exact) mass is 269 g/mol. The molecule has 19 heavy (non-hydrogen) atoms. The molecule has 1 amide bonds. The standard InChI is InChI=1S/C15H27NO3/c1-4-8-16(11-17)15(14(18)19)7-5-6-13(10-15)9-12(2)3/h11-13H,4-10H2,1-3H3,(H,18,19). The number of aliphatic carboxylic acids is 1. The number of hydrogen-bond donors (Lipinski definition) is 1. The zero-order chi connectivity index (χ0) is 14.5. The van der Waals surface area contributed by atoms with E-state index in [2.05, 4.69) is 13.8 Å². The van der Waals surface area contributed by atoms with Crippen LogP contribution in [-0.2, 0) is 9.59 Å². The van der Waals surface area contributed by atoms with Gasteiger partial charge in [0.1, 0.15) is 5.54 Å². The van der Waals surface area contributed by atoms with Gasteiger partial charge in [0, 0.05) is 6.54 Å². The summed E-state index contributed by atoms with van der Waals surface area (Å²) in [6.45, 7) is 6.84. The van der Waals surface area contributed by atoms with Crippen LogP contribution in [0.2, 0.25) is 0 Å². The Morgan fingerprint density at radius 2 is 2.21 bits per heavy atom. The largest absolute Gasteiger partial charge is 0.479 e. The van der Waals surface area contributed by atoms with Crippen LogP contribution in [0, 0.1) is 11.8 Å². The van der Waals surface area contributed by atoms with Gasteiger partial charge in [0.25, 0.3) is 0 Å². The van der Waals surface area contributed by atoms with Crippen molar-refractivity contribution in [1.29, 1.82) is 0 Å². The first kappa shape index (κ1) is 16.0. The highest BCUT2D eigenvalue weighted by Crippen LogP contribution is 2.39. The lowest BCUT2D eigenvalue weighted by Crippen LogP contribution is -2.57. The lowest BCUT2D eigenvalue weighted by Gasteiger charge is -2.44. The molecule has 0 radical (unpaired) electrons. The van der Waals surface area contributed by atoms with Crippen LogP contribution in [-0.4, -0.2) is 34.5 Å². The van der Waals surface area contributed by atoms with E-state index in [1.54, 1.807) is 0 Å². The topological polar surface area (TPSA) is 57.6 Å². The molecule has 0 aromatic rings. The molecule has 1 saturated carbocycles. The lowest BCUT2D eigenvalue weighted by atomic mass is 9.72. The molecule has 110 valence electrons. The van der Waals surface area contributed by atoms with Crippen LogP contribution in [0.4, 0.5) is 0 Å². The van der Waals surface area contributed by atoms with E-state index in [1.807, 2.05) is 6.92 Å². The quantitative estimate of drug-likeness (QED) is 0.723. The van der Waals surface area contributed by atoms with Crippen LogP contribution in [0.25, 0.3) is 0 Å². The van der Waals surface area contributed by atoms with E-state index in [0.29, 0.717) is 31.2 Å². The van der Waals surface area contributed by atoms with Crippen LogP contribution in [0.5, 0.6) is 0 Å². The van der Waals surface area contributed by atoms with E-state index in [1.165, 1.54) is 4.90 Å². The van der Waals surface area contributed by atoms with Gasteiger partial charge in [-0.05, 0) is 37.5 Å². The first-order chi connectivity index (χ1) is 8.96. The molecule has 1 fully saturated rings. The van der Waals surface area contributed by atoms with E-state index >= 15 is 0 Å². The Kier molecular flexibility index (Phi) is 5.83. The minimum absolute atomic E-state index is 0.421. The van der Waals surface area contributed by atoms with Crippen molar-refractivity contribution in [2.24, 2.45) is 11.8 Å². The fourth-order valence-electron chi connectivity index (χ4n) is 3.42. The van der Waals surface area contributed by atoms with Gasteiger partial charge in [-0.25, -0.2) is 4.79 Å². The minimum Gasteiger partial charge on any atom is -0.479 e. The molecular weight excluding hydrogens is 242 g/mol. The molecule has 4 heteroatoms. The first-order valence-electron chi connectivity index (χ1n) is 7.41. The maximum Gasteiger partial charge on any atom is 0.329 e. The van der Waals surface area contributed by atoms with E-state index < -0.39 is 11.5 Å². The normalized spacial score (nSPS) is 27.3. The van der Waals surface area contributed by atoms with Gasteiger partial charge in [0.15, 0.2) is 0 Å². The third-order valence-electron chi connectivity index (χ3n) is 4.17. The molecule has 0 aromatic heterocycles. The summed E-state index contributed by atoms with van der Waals surface area (Å²) >= 11 is 0. The molecule has 2 atom stereocenters. The molecule has 0 aliphatic heterocycles. The zero-order valence-electron chi connectivity index (χ0n) is 12.4. The molecule has 0 aromatic carbocycles. The van der Waals surface area contributed by atoms with E-state index in [-0.39, 0.29) is 0 Å². The average Bonchev–Trinajstić information content (AvgIpc) is 2.35. The third-order valence-corrected chi connectivity index (χ3v) is 4.17. The van der Waals surface area contributed by atoms with Crippen LogP contribution >= 0.6 is 0 Å². The Bertz CT molecular complexity index is 317. The Morgan fingerprint density at radius 3 is 2.68 bits per heavy atom. The Morgan fingerprint density at radius 1 is 1.53 bits per heavy atom. The lowest BCUT2D eigenvalue weighted by molar-refractivity contribution is -0.159. The predicted octanol–water partition coefficient (Wildman–Crippen LogP) is 2.91. The van der Waals surface area contributed by atoms with Crippen LogP contribution in [0.1, 0.15) is 59.3 Å². The Labute approximate surface area is 116 Å². The van der Waals surface area contributed by atoms with Crippen molar-refractivity contribution in [2.75, 3.05) is 6.54 Å². The molecular formula is C15H27NO3. The molecule has 0 heterocycles. The second kappa shape index (κ2) is 6.92. The minimum atomic E-state index is -0.963. The number of amides is 1. The van der Waals surface area contributed by atoms with Gasteiger partial charge in [-0.15, -0.1) is 0 Å². The summed E-state index contributed by atoms with van der Waals surface area (Å²) in [5.41, 5.74) is -0.963. The Balaban J connectivity index is 2.91. The molecule has 0 saturated heterocycles. The average molecular weight is 269 g/mol. The second-order valence-electron chi connectivity index (χ2n) is 6.23. The first-order valence-corrected chi connectivity index (χ1v) is 7.41. The van der Waals surface area contributed by atoms with Crippen molar-refractivity contribution in [3.05, 3.63) is 0 Å². The summed E-state index contributed by atoms with van der Waals surface area (Å²) in [5.74, 6) is 0.163. The van der Waals surface area contributed by atoms with E-state index in [9.17, 15) is 14.7 Å². The summed E-state index contributed by atoms with van der Waals surface area (Å²) in [4.78, 5) is 24.6. The summed E-state index contributed by atoms with van der Waals surface area (Å²) in [5, 5.41) is 9.67. The van der Waals surface area contributed by atoms with Gasteiger partial charge < -0.3 is 10.0 Å². The molecule has 2 unspecified atom stereocenters. The smallest absolute Gasteiger partial charge is 0.329 e. The van der Waals surface area contributed by atoms with Crippen LogP contribution in [0.15, 0.2) is 0 Å². The summed E-state index contributed by atoms with van der Waals surface area (Å²) < 4.78 is 0. The zero-order valence-corrected chi connectivity index (χ0v) is 12.4. The van der Waals surface area contributed by atoms with E-state index in [0.717, 1.165) is 32.1 Å². The highest BCUT2D eigenvalue weighted by atomic mass is 16.4. The van der Waals surface area contributed by atoms with Gasteiger partial charge >= 0.3 is 5.97 Å². The molecule has 4 nitrogen and oxygen atoms in total. The summed E-state index contributed by atoms with van der Waals surface area (Å²) in [6, 6.07) is 0. The van der Waals surface area contributed by atoms with Crippen molar-refractivity contribution >= 4 is 12.4 Å². The second-order valence-corrected chi connectivity index (χ2v) is 6.23. The maximum atomic E-state index is 11.8. The highest BCUT2D eigenvalue weighted by molar-refractivity contribution is 5.81. The number of carboxylic acids is 1. The van der Waals surface area contributed by atoms with Gasteiger partial charge in [-0.2, -0.15) is 0 Å². The van der Waals surface area contributed by atoms with Crippen molar-refractivity contribution in [3.63, 3.8) is 0 Å². The molecule has 0 spiro atoms. The fourth-order valence-corrected chi connectivity index (χ4v) is 3.42. The number of carbonyl (C=O) groups is 2. The SMILES string of the molecule is CCCN(C=O)C1(C(=O)O)CCCC(CC(C)C)C1. The van der Waals surface area contributed by atoms with Gasteiger partial charge in [0.05, 0.1) is 0 Å². The molecule has 1 aliphatic rings. The van der Waals surface area contributed by atoms with Crippen molar-refractivity contribution in [1.82, 2.24) is 4.90 Å². The molecule has 0 bridgehead atoms. The summed E-state index contributed by atoms with van der Waals surface area (Å²) in [6.07, 6.45) is 5.77. The van der Waals surface area contributed by atoms with Gasteiger partial charge in [0.2, 0.25) is 6.41 Å². The fraction of sp³-hybridized carbons (Fsp3) is 0.867. The number of hydrogen-bond acceptors (Lipinski definition) is 2. The van der Waals surface area contributed by atoms with Crippen molar-refractivity contribution < 1.29 is 14.7 Å². The number of rotatable bonds is 7. The summed E-state index contributed by atoms with van der Waals surface area (Å²) in [7, 11) is 0. The number of nitrogens with zero attached hydrogens (tertiary/aromatic N) is 1. The molecule has 1 aliphatic carbocycles. The van der Waals surface area contributed by atoms with Gasteiger partial charge in [-0.1, -0.05) is 33.6 Å². The number of carboxylic acid groups (broad SMARTS) is 1. The molecule has 1 rings (SSSR count). The third kappa shape index (κ3) is 3.71. The molecule has 1 N–H and O–H groups in total. The van der Waals surface area contributed by atoms with Crippen molar-refractivity contribution in [3.8, 4) is 0 Å².